The molecule has 0 saturated heterocycles. The molecule has 0 radical (unpaired) electrons. The quantitative estimate of drug-likeness (QED) is 0.723. The van der Waals surface area contributed by atoms with Crippen molar-refractivity contribution < 1.29 is 19.8 Å². The van der Waals surface area contributed by atoms with E-state index in [1.807, 2.05) is 6.92 Å². The highest BCUT2D eigenvalue weighted by Gasteiger charge is 2.63. The first-order chi connectivity index (χ1) is 12.1. The van der Waals surface area contributed by atoms with Crippen LogP contribution in [0.1, 0.15) is 59.8 Å². The second-order valence-electron chi connectivity index (χ2n) is 9.70. The third kappa shape index (κ3) is 2.02. The fourth-order valence-electron chi connectivity index (χ4n) is 7.59. The number of hydrogen-bond donors (Lipinski definition) is 2. The van der Waals surface area contributed by atoms with E-state index < -0.39 is 11.2 Å². The Balaban J connectivity index is 1.74. The fraction of sp³-hybridized carbons (Fsp3) is 0.727. The molecule has 0 aromatic heterocycles. The molecule has 142 valence electrons. The summed E-state index contributed by atoms with van der Waals surface area (Å²) in [6.45, 7) is 8.20. The molecule has 0 amide bonds. The third-order valence-corrected chi connectivity index (χ3v) is 8.61. The molecule has 4 rings (SSSR count). The zero-order valence-electron chi connectivity index (χ0n) is 16.2. The van der Waals surface area contributed by atoms with Crippen LogP contribution in [0.3, 0.4) is 0 Å². The maximum Gasteiger partial charge on any atom is 0.211 e. The lowest BCUT2D eigenvalue weighted by atomic mass is 9.46. The summed E-state index contributed by atoms with van der Waals surface area (Å²) < 4.78 is 0. The number of aliphatic hydroxyl groups excluding tert-OH is 2. The van der Waals surface area contributed by atoms with Crippen LogP contribution in [0.5, 0.6) is 0 Å². The van der Waals surface area contributed by atoms with Crippen molar-refractivity contribution in [2.24, 2.45) is 40.4 Å². The average Bonchev–Trinajstić information content (AvgIpc) is 2.85. The molecule has 4 nitrogen and oxygen atoms in total. The van der Waals surface area contributed by atoms with Crippen LogP contribution < -0.4 is 0 Å². The molecule has 0 heterocycles. The molecule has 0 unspecified atom stereocenters. The van der Waals surface area contributed by atoms with Gasteiger partial charge in [-0.15, -0.1) is 0 Å². The predicted molar refractivity (Wildman–Crippen MR) is 98.5 cm³/mol. The zero-order valence-corrected chi connectivity index (χ0v) is 16.2. The Morgan fingerprint density at radius 2 is 1.88 bits per heavy atom. The molecule has 3 saturated carbocycles. The Morgan fingerprint density at radius 1 is 1.19 bits per heavy atom. The lowest BCUT2D eigenvalue weighted by molar-refractivity contribution is -0.138. The molecule has 0 aromatic rings. The van der Waals surface area contributed by atoms with E-state index >= 15 is 0 Å². The number of carbonyl (C=O) groups is 2. The normalized spacial score (nSPS) is 47.8. The van der Waals surface area contributed by atoms with Gasteiger partial charge in [-0.1, -0.05) is 19.4 Å². The van der Waals surface area contributed by atoms with Gasteiger partial charge in [0.05, 0.1) is 5.41 Å². The van der Waals surface area contributed by atoms with Crippen LogP contribution in [-0.4, -0.2) is 21.8 Å². The van der Waals surface area contributed by atoms with Gasteiger partial charge in [-0.05, 0) is 81.1 Å². The molecular formula is C22H30O4. The smallest absolute Gasteiger partial charge is 0.211 e. The Kier molecular flexibility index (Phi) is 3.74. The van der Waals surface area contributed by atoms with E-state index in [4.69, 9.17) is 0 Å². The van der Waals surface area contributed by atoms with Crippen LogP contribution in [0, 0.1) is 40.4 Å². The van der Waals surface area contributed by atoms with Crippen LogP contribution in [-0.2, 0) is 9.59 Å². The fourth-order valence-corrected chi connectivity index (χ4v) is 7.59. The second kappa shape index (κ2) is 5.46. The Labute approximate surface area is 155 Å². The molecule has 4 aliphatic carbocycles. The molecule has 0 aliphatic heterocycles. The summed E-state index contributed by atoms with van der Waals surface area (Å²) in [6.07, 6.45) is 6.33. The first-order valence-electron chi connectivity index (χ1n) is 10.0. The predicted octanol–water partition coefficient (Wildman–Crippen LogP) is 4.52. The highest BCUT2D eigenvalue weighted by molar-refractivity contribution is 6.02. The lowest BCUT2D eigenvalue weighted by Gasteiger charge is -2.56. The van der Waals surface area contributed by atoms with Crippen molar-refractivity contribution in [2.45, 2.75) is 59.8 Å². The number of carbonyl (C=O) groups excluding carboxylic acids is 2. The van der Waals surface area contributed by atoms with Crippen LogP contribution in [0.15, 0.2) is 23.2 Å². The van der Waals surface area contributed by atoms with E-state index in [1.54, 1.807) is 13.0 Å². The van der Waals surface area contributed by atoms with E-state index in [9.17, 15) is 19.8 Å². The Morgan fingerprint density at radius 3 is 2.54 bits per heavy atom. The number of rotatable bonds is 1. The summed E-state index contributed by atoms with van der Waals surface area (Å²) in [6, 6.07) is 0. The summed E-state index contributed by atoms with van der Waals surface area (Å²) in [4.78, 5) is 25.4. The number of allylic oxidation sites excluding steroid dienone is 3. The van der Waals surface area contributed by atoms with Gasteiger partial charge in [0.25, 0.3) is 0 Å². The van der Waals surface area contributed by atoms with Gasteiger partial charge in [0.15, 0.2) is 5.76 Å². The van der Waals surface area contributed by atoms with E-state index in [0.29, 0.717) is 23.5 Å². The van der Waals surface area contributed by atoms with E-state index in [0.717, 1.165) is 37.7 Å². The largest absolute Gasteiger partial charge is 0.504 e. The van der Waals surface area contributed by atoms with Gasteiger partial charge in [0.1, 0.15) is 5.78 Å². The monoisotopic (exact) mass is 358 g/mol. The van der Waals surface area contributed by atoms with Crippen LogP contribution in [0.25, 0.3) is 0 Å². The number of fused-ring (bicyclic) bond motifs is 5. The molecule has 0 spiro atoms. The zero-order chi connectivity index (χ0) is 19.0. The lowest BCUT2D eigenvalue weighted by Crippen LogP contribution is -2.53. The van der Waals surface area contributed by atoms with Crippen molar-refractivity contribution >= 4 is 11.6 Å². The molecule has 4 heteroatoms. The van der Waals surface area contributed by atoms with Crippen molar-refractivity contribution in [3.63, 3.8) is 0 Å². The maximum absolute atomic E-state index is 13.0. The van der Waals surface area contributed by atoms with Crippen molar-refractivity contribution in [1.29, 1.82) is 0 Å². The molecule has 2 N–H and O–H groups in total. The van der Waals surface area contributed by atoms with Gasteiger partial charge in [0, 0.05) is 5.92 Å². The summed E-state index contributed by atoms with van der Waals surface area (Å²) in [5.41, 5.74) is 0.289. The highest BCUT2D eigenvalue weighted by atomic mass is 16.3. The summed E-state index contributed by atoms with van der Waals surface area (Å²) >= 11 is 0. The molecule has 26 heavy (non-hydrogen) atoms. The maximum atomic E-state index is 13.0. The van der Waals surface area contributed by atoms with Crippen molar-refractivity contribution in [1.82, 2.24) is 0 Å². The number of ketones is 2. The van der Waals surface area contributed by atoms with Gasteiger partial charge in [0.2, 0.25) is 11.5 Å². The average molecular weight is 358 g/mol. The highest BCUT2D eigenvalue weighted by Crippen LogP contribution is 2.67. The summed E-state index contributed by atoms with van der Waals surface area (Å²) in [5, 5.41) is 20.0. The second-order valence-corrected chi connectivity index (χ2v) is 9.70. The Bertz CT molecular complexity index is 747. The minimum atomic E-state index is -0.710. The molecule has 3 fully saturated rings. The molecule has 0 aromatic carbocycles. The van der Waals surface area contributed by atoms with Gasteiger partial charge in [-0.3, -0.25) is 9.59 Å². The first kappa shape index (κ1) is 17.8. The minimum absolute atomic E-state index is 0.0295. The first-order valence-corrected chi connectivity index (χ1v) is 10.0. The topological polar surface area (TPSA) is 74.6 Å². The van der Waals surface area contributed by atoms with E-state index in [2.05, 4.69) is 13.8 Å². The molecule has 7 atom stereocenters. The van der Waals surface area contributed by atoms with Gasteiger partial charge >= 0.3 is 0 Å². The summed E-state index contributed by atoms with van der Waals surface area (Å²) in [7, 11) is 0. The minimum Gasteiger partial charge on any atom is -0.504 e. The van der Waals surface area contributed by atoms with Crippen LogP contribution in [0.4, 0.5) is 0 Å². The number of Topliss-reactive ketones (excluding diaryl/α,β-unsaturated/α-hetero) is 2. The van der Waals surface area contributed by atoms with Crippen molar-refractivity contribution in [3.8, 4) is 0 Å². The van der Waals surface area contributed by atoms with Crippen LogP contribution >= 0.6 is 0 Å². The Hall–Kier alpha value is -1.58. The van der Waals surface area contributed by atoms with Gasteiger partial charge in [-0.2, -0.15) is 0 Å². The molecule has 0 bridgehead atoms. The van der Waals surface area contributed by atoms with Crippen LogP contribution in [0.2, 0.25) is 0 Å². The number of aliphatic hydroxyl groups is 2. The molecule has 4 aliphatic rings. The standard InChI is InChI=1S/C22H30O4/c1-11-9-16-14-6-5-13-10-17(24)19(25)20(26)22(13,4)15(14)7-8-21(16,3)18(11)12(2)23/h10-11,14-16,18,24-25H,5-9H2,1-4H3/t11-,14-,15+,16+,18-,21+,22+/m1/s1. The third-order valence-electron chi connectivity index (χ3n) is 8.61. The van der Waals surface area contributed by atoms with Crippen molar-refractivity contribution in [3.05, 3.63) is 23.2 Å². The summed E-state index contributed by atoms with van der Waals surface area (Å²) in [5.74, 6) is 0.781. The molecular weight excluding hydrogens is 328 g/mol. The number of hydrogen-bond acceptors (Lipinski definition) is 4. The van der Waals surface area contributed by atoms with Gasteiger partial charge < -0.3 is 10.2 Å². The SMILES string of the molecule is CC(=O)[C@H]1[C@H](C)C[C@H]2[C@@H]3CCC4=CC(O)=C(O)C(=O)[C@]4(C)[C@H]3CC[C@@]21C. The van der Waals surface area contributed by atoms with Gasteiger partial charge in [-0.25, -0.2) is 0 Å². The van der Waals surface area contributed by atoms with Crippen molar-refractivity contribution in [2.75, 3.05) is 0 Å². The van der Waals surface area contributed by atoms with E-state index in [-0.39, 0.29) is 28.8 Å². The van der Waals surface area contributed by atoms with E-state index in [1.165, 1.54) is 0 Å².